The fourth-order valence-corrected chi connectivity index (χ4v) is 1.26. The predicted octanol–water partition coefficient (Wildman–Crippen LogP) is 3.88. The first-order valence-corrected chi connectivity index (χ1v) is 4.79. The molecule has 0 aromatic heterocycles. The van der Waals surface area contributed by atoms with Crippen molar-refractivity contribution >= 4 is 11.6 Å². The summed E-state index contributed by atoms with van der Waals surface area (Å²) in [5, 5.41) is 0. The Bertz CT molecular complexity index is 276. The predicted molar refractivity (Wildman–Crippen MR) is 50.5 cm³/mol. The number of aryl methyl sites for hydroxylation is 1. The Labute approximate surface area is 85.7 Å². The smallest absolute Gasteiger partial charge is 0.166 e. The largest absolute Gasteiger partial charge is 0.416 e. The Balaban J connectivity index is 2.69. The van der Waals surface area contributed by atoms with Gasteiger partial charge in [-0.15, -0.1) is 11.6 Å². The van der Waals surface area contributed by atoms with Crippen LogP contribution in [-0.4, -0.2) is 5.88 Å². The third kappa shape index (κ3) is 3.22. The molecule has 78 valence electrons. The second-order valence-electron chi connectivity index (χ2n) is 2.99. The minimum Gasteiger partial charge on any atom is -0.166 e. The van der Waals surface area contributed by atoms with Crippen LogP contribution in [0.3, 0.4) is 0 Å². The van der Waals surface area contributed by atoms with E-state index in [1.807, 2.05) is 0 Å². The van der Waals surface area contributed by atoms with E-state index in [9.17, 15) is 13.2 Å². The molecule has 0 radical (unpaired) electrons. The summed E-state index contributed by atoms with van der Waals surface area (Å²) in [7, 11) is 0. The molecule has 1 aromatic rings. The standard InChI is InChI=1S/C10H10ClF3/c11-7-1-2-8-3-5-9(6-4-8)10(12,13)14/h3-6H,1-2,7H2. The number of hydrogen-bond donors (Lipinski definition) is 0. The van der Waals surface area contributed by atoms with Crippen molar-refractivity contribution in [2.45, 2.75) is 19.0 Å². The maximum Gasteiger partial charge on any atom is 0.416 e. The van der Waals surface area contributed by atoms with Crippen LogP contribution >= 0.6 is 11.6 Å². The van der Waals surface area contributed by atoms with Crippen LogP contribution in [0.5, 0.6) is 0 Å². The van der Waals surface area contributed by atoms with Crippen LogP contribution in [-0.2, 0) is 12.6 Å². The first-order valence-electron chi connectivity index (χ1n) is 4.26. The number of benzene rings is 1. The van der Waals surface area contributed by atoms with Crippen molar-refractivity contribution in [3.63, 3.8) is 0 Å². The Hall–Kier alpha value is -0.700. The Kier molecular flexibility index (Phi) is 3.81. The monoisotopic (exact) mass is 222 g/mol. The lowest BCUT2D eigenvalue weighted by Crippen LogP contribution is -2.04. The highest BCUT2D eigenvalue weighted by molar-refractivity contribution is 6.17. The first-order chi connectivity index (χ1) is 6.54. The highest BCUT2D eigenvalue weighted by atomic mass is 35.5. The van der Waals surface area contributed by atoms with Crippen molar-refractivity contribution in [1.82, 2.24) is 0 Å². The lowest BCUT2D eigenvalue weighted by atomic mass is 10.1. The van der Waals surface area contributed by atoms with Crippen LogP contribution in [0, 0.1) is 0 Å². The van der Waals surface area contributed by atoms with Gasteiger partial charge in [0.05, 0.1) is 5.56 Å². The van der Waals surface area contributed by atoms with Crippen molar-refractivity contribution in [2.24, 2.45) is 0 Å². The van der Waals surface area contributed by atoms with Gasteiger partial charge in [-0.1, -0.05) is 12.1 Å². The number of alkyl halides is 4. The van der Waals surface area contributed by atoms with Gasteiger partial charge in [0.25, 0.3) is 0 Å². The molecule has 0 saturated carbocycles. The van der Waals surface area contributed by atoms with E-state index in [0.717, 1.165) is 30.5 Å². The summed E-state index contributed by atoms with van der Waals surface area (Å²) in [6, 6.07) is 5.19. The van der Waals surface area contributed by atoms with Crippen LogP contribution in [0.25, 0.3) is 0 Å². The molecule has 0 aliphatic carbocycles. The average molecular weight is 223 g/mol. The molecule has 0 heterocycles. The average Bonchev–Trinajstić information content (AvgIpc) is 2.14. The maximum atomic E-state index is 12.2. The van der Waals surface area contributed by atoms with Gasteiger partial charge in [0.2, 0.25) is 0 Å². The molecule has 0 fully saturated rings. The number of halogens is 4. The van der Waals surface area contributed by atoms with Gasteiger partial charge in [0.15, 0.2) is 0 Å². The first kappa shape index (κ1) is 11.4. The minimum atomic E-state index is -4.25. The zero-order valence-corrected chi connectivity index (χ0v) is 8.20. The van der Waals surface area contributed by atoms with Gasteiger partial charge in [-0.2, -0.15) is 13.2 Å². The van der Waals surface area contributed by atoms with E-state index in [1.54, 1.807) is 0 Å². The van der Waals surface area contributed by atoms with Gasteiger partial charge in [-0.25, -0.2) is 0 Å². The molecule has 4 heteroatoms. The van der Waals surface area contributed by atoms with Crippen LogP contribution in [0.15, 0.2) is 24.3 Å². The van der Waals surface area contributed by atoms with Crippen LogP contribution in [0.2, 0.25) is 0 Å². The molecule has 0 nitrogen and oxygen atoms in total. The molecule has 14 heavy (non-hydrogen) atoms. The summed E-state index contributed by atoms with van der Waals surface area (Å²) < 4.78 is 36.5. The summed E-state index contributed by atoms with van der Waals surface area (Å²) in [6.45, 7) is 0. The number of rotatable bonds is 3. The second kappa shape index (κ2) is 4.69. The van der Waals surface area contributed by atoms with Crippen molar-refractivity contribution in [3.8, 4) is 0 Å². The lowest BCUT2D eigenvalue weighted by Gasteiger charge is -2.06. The molecule has 0 amide bonds. The number of hydrogen-bond acceptors (Lipinski definition) is 0. The van der Waals surface area contributed by atoms with Crippen LogP contribution in [0.1, 0.15) is 17.5 Å². The van der Waals surface area contributed by atoms with Gasteiger partial charge < -0.3 is 0 Å². The van der Waals surface area contributed by atoms with Crippen molar-refractivity contribution < 1.29 is 13.2 Å². The normalized spacial score (nSPS) is 11.7. The Morgan fingerprint density at radius 2 is 1.64 bits per heavy atom. The second-order valence-corrected chi connectivity index (χ2v) is 3.37. The summed E-state index contributed by atoms with van der Waals surface area (Å²) in [5.74, 6) is 0.529. The maximum absolute atomic E-state index is 12.2. The quantitative estimate of drug-likeness (QED) is 0.681. The van der Waals surface area contributed by atoms with E-state index in [0.29, 0.717) is 5.88 Å². The summed E-state index contributed by atoms with van der Waals surface area (Å²) >= 11 is 5.48. The Morgan fingerprint density at radius 1 is 1.07 bits per heavy atom. The van der Waals surface area contributed by atoms with Crippen molar-refractivity contribution in [2.75, 3.05) is 5.88 Å². The molecule has 0 N–H and O–H groups in total. The lowest BCUT2D eigenvalue weighted by molar-refractivity contribution is -0.137. The van der Waals surface area contributed by atoms with E-state index in [1.165, 1.54) is 12.1 Å². The van der Waals surface area contributed by atoms with Crippen molar-refractivity contribution in [3.05, 3.63) is 35.4 Å². The van der Waals surface area contributed by atoms with E-state index in [-0.39, 0.29) is 0 Å². The zero-order valence-electron chi connectivity index (χ0n) is 7.44. The molecule has 0 unspecified atom stereocenters. The zero-order chi connectivity index (χ0) is 10.6. The molecule has 0 atom stereocenters. The van der Waals surface area contributed by atoms with Crippen LogP contribution < -0.4 is 0 Å². The molecular weight excluding hydrogens is 213 g/mol. The van der Waals surface area contributed by atoms with E-state index in [2.05, 4.69) is 0 Å². The summed E-state index contributed by atoms with van der Waals surface area (Å²) in [6.07, 6.45) is -2.74. The highest BCUT2D eigenvalue weighted by Crippen LogP contribution is 2.29. The fourth-order valence-electron chi connectivity index (χ4n) is 1.13. The van der Waals surface area contributed by atoms with Crippen molar-refractivity contribution in [1.29, 1.82) is 0 Å². The fraction of sp³-hybridized carbons (Fsp3) is 0.400. The molecule has 0 aliphatic heterocycles. The molecule has 0 bridgehead atoms. The van der Waals surface area contributed by atoms with Crippen LogP contribution in [0.4, 0.5) is 13.2 Å². The molecule has 1 rings (SSSR count). The molecule has 0 spiro atoms. The van der Waals surface area contributed by atoms with E-state index in [4.69, 9.17) is 11.6 Å². The minimum absolute atomic E-state index is 0.529. The molecular formula is C10H10ClF3. The van der Waals surface area contributed by atoms with Gasteiger partial charge in [-0.3, -0.25) is 0 Å². The van der Waals surface area contributed by atoms with E-state index >= 15 is 0 Å². The SMILES string of the molecule is FC(F)(F)c1ccc(CCCCl)cc1. The van der Waals surface area contributed by atoms with Gasteiger partial charge >= 0.3 is 6.18 Å². The highest BCUT2D eigenvalue weighted by Gasteiger charge is 2.29. The van der Waals surface area contributed by atoms with Gasteiger partial charge in [-0.05, 0) is 30.5 Å². The van der Waals surface area contributed by atoms with E-state index < -0.39 is 11.7 Å². The summed E-state index contributed by atoms with van der Waals surface area (Å²) in [5.41, 5.74) is 0.283. The van der Waals surface area contributed by atoms with Gasteiger partial charge in [0, 0.05) is 5.88 Å². The Morgan fingerprint density at radius 3 is 2.07 bits per heavy atom. The third-order valence-electron chi connectivity index (χ3n) is 1.88. The molecule has 1 aromatic carbocycles. The molecule has 0 saturated heterocycles. The molecule has 0 aliphatic rings. The topological polar surface area (TPSA) is 0 Å². The van der Waals surface area contributed by atoms with Gasteiger partial charge in [0.1, 0.15) is 0 Å². The third-order valence-corrected chi connectivity index (χ3v) is 2.15. The summed E-state index contributed by atoms with van der Waals surface area (Å²) in [4.78, 5) is 0.